The first kappa shape index (κ1) is 7.88. The van der Waals surface area contributed by atoms with Crippen LogP contribution in [0.15, 0.2) is 17.9 Å². The molecule has 56 valence electrons. The van der Waals surface area contributed by atoms with Gasteiger partial charge in [0.15, 0.2) is 0 Å². The first-order valence-corrected chi connectivity index (χ1v) is 5.80. The minimum atomic E-state index is 0.140. The fraction of sp³-hybridized carbons (Fsp3) is 0.556. The van der Waals surface area contributed by atoms with E-state index >= 15 is 0 Å². The van der Waals surface area contributed by atoms with Crippen molar-refractivity contribution in [2.75, 3.05) is 0 Å². The van der Waals surface area contributed by atoms with Crippen molar-refractivity contribution < 1.29 is 0 Å². The summed E-state index contributed by atoms with van der Waals surface area (Å²) in [5.74, 6) is 2.33. The van der Waals surface area contributed by atoms with E-state index in [0.717, 1.165) is 0 Å². The molecule has 1 heterocycles. The summed E-state index contributed by atoms with van der Waals surface area (Å²) in [6.45, 7) is 4.58. The van der Waals surface area contributed by atoms with Gasteiger partial charge in [-0.15, -0.1) is 7.53 Å². The Morgan fingerprint density at radius 2 is 2.30 bits per heavy atom. The zero-order chi connectivity index (χ0) is 7.40. The molecule has 1 rings (SSSR count). The number of hydrogen-bond acceptors (Lipinski definition) is 0. The van der Waals surface area contributed by atoms with Crippen molar-refractivity contribution >= 4 is 7.53 Å². The largest absolute Gasteiger partial charge is 0.125 e. The maximum absolute atomic E-state index is 2.33. The highest BCUT2D eigenvalue weighted by atomic mass is 31.1. The molecule has 0 amide bonds. The minimum absolute atomic E-state index is 0.140. The van der Waals surface area contributed by atoms with Crippen LogP contribution in [0.25, 0.3) is 0 Å². The van der Waals surface area contributed by atoms with E-state index in [-0.39, 0.29) is 7.53 Å². The molecule has 0 saturated heterocycles. The predicted octanol–water partition coefficient (Wildman–Crippen LogP) is 3.55. The maximum atomic E-state index is 2.33. The second kappa shape index (κ2) is 3.83. The van der Waals surface area contributed by atoms with Crippen LogP contribution in [0.5, 0.6) is 0 Å². The Labute approximate surface area is 64.3 Å². The normalized spacial score (nSPS) is 12.0. The van der Waals surface area contributed by atoms with E-state index in [1.807, 2.05) is 0 Å². The lowest BCUT2D eigenvalue weighted by Gasteiger charge is -1.97. The molecule has 1 atom stereocenters. The van der Waals surface area contributed by atoms with Crippen LogP contribution < -0.4 is 0 Å². The highest BCUT2D eigenvalue weighted by Gasteiger charge is 1.94. The molecule has 10 heavy (non-hydrogen) atoms. The Hall–Kier alpha value is -0.220. The third kappa shape index (κ3) is 1.88. The van der Waals surface area contributed by atoms with Crippen LogP contribution in [0.4, 0.5) is 0 Å². The van der Waals surface area contributed by atoms with Crippen molar-refractivity contribution in [3.63, 3.8) is 0 Å². The molecule has 0 nitrogen and oxygen atoms in total. The zero-order valence-electron chi connectivity index (χ0n) is 6.80. The van der Waals surface area contributed by atoms with Crippen LogP contribution in [-0.4, -0.2) is 0 Å². The summed E-state index contributed by atoms with van der Waals surface area (Å²) in [5, 5.41) is 1.68. The smallest absolute Gasteiger partial charge is 0.0241 e. The van der Waals surface area contributed by atoms with Crippen molar-refractivity contribution in [2.24, 2.45) is 6.66 Å². The van der Waals surface area contributed by atoms with Gasteiger partial charge in [-0.05, 0) is 30.6 Å². The molecule has 0 spiro atoms. The van der Waals surface area contributed by atoms with Crippen LogP contribution in [0.3, 0.4) is 0 Å². The Kier molecular flexibility index (Phi) is 3.02. The Morgan fingerprint density at radius 1 is 1.50 bits per heavy atom. The molecule has 1 aromatic rings. The fourth-order valence-corrected chi connectivity index (χ4v) is 2.48. The van der Waals surface area contributed by atoms with Crippen molar-refractivity contribution in [1.29, 1.82) is 0 Å². The monoisotopic (exact) mass is 154 g/mol. The zero-order valence-corrected chi connectivity index (χ0v) is 7.70. The van der Waals surface area contributed by atoms with Crippen LogP contribution in [0.2, 0.25) is 0 Å². The van der Waals surface area contributed by atoms with Crippen LogP contribution in [-0.2, 0) is 13.1 Å². The third-order valence-corrected chi connectivity index (χ3v) is 3.74. The minimum Gasteiger partial charge on any atom is -0.125 e. The summed E-state index contributed by atoms with van der Waals surface area (Å²) >= 11 is 0. The summed E-state index contributed by atoms with van der Waals surface area (Å²) in [6.07, 6.45) is 4.01. The van der Waals surface area contributed by atoms with Gasteiger partial charge in [-0.25, -0.2) is 0 Å². The quantitative estimate of drug-likeness (QED) is 0.624. The predicted molar refractivity (Wildman–Crippen MR) is 48.7 cm³/mol. The van der Waals surface area contributed by atoms with E-state index in [2.05, 4.69) is 31.5 Å². The SMILES string of the molecule is CCCCc1cccp1C. The summed E-state index contributed by atoms with van der Waals surface area (Å²) in [7, 11) is 0.140. The van der Waals surface area contributed by atoms with Gasteiger partial charge in [-0.2, -0.15) is 0 Å². The Bertz CT molecular complexity index is 188. The molecule has 0 aliphatic heterocycles. The molecule has 0 fully saturated rings. The van der Waals surface area contributed by atoms with Crippen molar-refractivity contribution in [3.8, 4) is 0 Å². The van der Waals surface area contributed by atoms with Gasteiger partial charge in [0.05, 0.1) is 0 Å². The summed E-state index contributed by atoms with van der Waals surface area (Å²) in [5.41, 5.74) is 0. The topological polar surface area (TPSA) is 0 Å². The summed E-state index contributed by atoms with van der Waals surface area (Å²) in [6, 6.07) is 4.50. The Morgan fingerprint density at radius 3 is 2.80 bits per heavy atom. The molecule has 1 unspecified atom stereocenters. The van der Waals surface area contributed by atoms with E-state index in [0.29, 0.717) is 0 Å². The molecule has 0 saturated carbocycles. The summed E-state index contributed by atoms with van der Waals surface area (Å²) in [4.78, 5) is 0. The average Bonchev–Trinajstić information content (AvgIpc) is 2.31. The molecule has 0 aliphatic carbocycles. The number of aryl methyl sites for hydroxylation is 2. The molecule has 0 N–H and O–H groups in total. The average molecular weight is 154 g/mol. The molecule has 0 aliphatic rings. The third-order valence-electron chi connectivity index (χ3n) is 1.84. The van der Waals surface area contributed by atoms with Crippen molar-refractivity contribution in [3.05, 3.63) is 23.2 Å². The van der Waals surface area contributed by atoms with Gasteiger partial charge >= 0.3 is 0 Å². The lowest BCUT2D eigenvalue weighted by atomic mass is 10.2. The molecule has 1 aromatic heterocycles. The molecular weight excluding hydrogens is 139 g/mol. The molecule has 0 aromatic carbocycles. The maximum Gasteiger partial charge on any atom is -0.0241 e. The van der Waals surface area contributed by atoms with Crippen LogP contribution >= 0.6 is 7.53 Å². The van der Waals surface area contributed by atoms with E-state index in [9.17, 15) is 0 Å². The standard InChI is InChI=1S/C9H15P/c1-3-4-6-9-7-5-8-10(9)2/h5,7-8H,3-4,6H2,1-2H3. The highest BCUT2D eigenvalue weighted by molar-refractivity contribution is 7.48. The number of rotatable bonds is 3. The molecule has 1 heteroatoms. The second-order valence-electron chi connectivity index (χ2n) is 2.71. The van der Waals surface area contributed by atoms with Gasteiger partial charge < -0.3 is 0 Å². The molecule has 0 bridgehead atoms. The fourth-order valence-electron chi connectivity index (χ4n) is 1.11. The second-order valence-corrected chi connectivity index (χ2v) is 4.81. The Balaban J connectivity index is 2.49. The number of hydrogen-bond donors (Lipinski definition) is 0. The van der Waals surface area contributed by atoms with E-state index in [1.54, 1.807) is 5.30 Å². The van der Waals surface area contributed by atoms with Crippen LogP contribution in [0.1, 0.15) is 25.1 Å². The lowest BCUT2D eigenvalue weighted by molar-refractivity contribution is 0.804. The summed E-state index contributed by atoms with van der Waals surface area (Å²) < 4.78 is 0. The highest BCUT2D eigenvalue weighted by Crippen LogP contribution is 2.30. The molecule has 0 radical (unpaired) electrons. The van der Waals surface area contributed by atoms with Gasteiger partial charge in [0.1, 0.15) is 0 Å². The van der Waals surface area contributed by atoms with E-state index in [1.165, 1.54) is 19.3 Å². The lowest BCUT2D eigenvalue weighted by Crippen LogP contribution is -1.77. The van der Waals surface area contributed by atoms with Gasteiger partial charge in [0.2, 0.25) is 0 Å². The van der Waals surface area contributed by atoms with E-state index < -0.39 is 0 Å². The first-order valence-electron chi connectivity index (χ1n) is 3.95. The van der Waals surface area contributed by atoms with Crippen molar-refractivity contribution in [2.45, 2.75) is 26.2 Å². The van der Waals surface area contributed by atoms with Gasteiger partial charge in [-0.1, -0.05) is 25.5 Å². The van der Waals surface area contributed by atoms with Gasteiger partial charge in [0.25, 0.3) is 0 Å². The van der Waals surface area contributed by atoms with E-state index in [4.69, 9.17) is 0 Å². The van der Waals surface area contributed by atoms with Gasteiger partial charge in [-0.3, -0.25) is 0 Å². The van der Waals surface area contributed by atoms with Crippen molar-refractivity contribution in [1.82, 2.24) is 0 Å². The first-order chi connectivity index (χ1) is 4.84. The van der Waals surface area contributed by atoms with Gasteiger partial charge in [0, 0.05) is 0 Å². The van der Waals surface area contributed by atoms with Crippen LogP contribution in [0, 0.1) is 0 Å². The molecular formula is C9H15P. The number of unbranched alkanes of at least 4 members (excludes halogenated alkanes) is 1.